The van der Waals surface area contributed by atoms with Crippen molar-refractivity contribution < 1.29 is 34.0 Å². The number of carbonyl (C=O) groups is 2. The molecule has 2 aromatic rings. The van der Waals surface area contributed by atoms with E-state index in [1.54, 1.807) is 25.2 Å². The van der Waals surface area contributed by atoms with E-state index < -0.39 is 24.2 Å². The zero-order valence-corrected chi connectivity index (χ0v) is 24.5. The molecule has 5 rings (SSSR count). The summed E-state index contributed by atoms with van der Waals surface area (Å²) in [5, 5.41) is 23.9. The predicted molar refractivity (Wildman–Crippen MR) is 158 cm³/mol. The van der Waals surface area contributed by atoms with Crippen LogP contribution < -0.4 is 19.5 Å². The fourth-order valence-electron chi connectivity index (χ4n) is 6.72. The highest BCUT2D eigenvalue weighted by Gasteiger charge is 2.50. The van der Waals surface area contributed by atoms with Crippen LogP contribution in [0.25, 0.3) is 0 Å². The molecule has 1 heterocycles. The lowest BCUT2D eigenvalue weighted by Crippen LogP contribution is -2.56. The van der Waals surface area contributed by atoms with E-state index in [2.05, 4.69) is 5.32 Å². The van der Waals surface area contributed by atoms with Crippen molar-refractivity contribution in [3.05, 3.63) is 65.2 Å². The molecule has 1 saturated carbocycles. The van der Waals surface area contributed by atoms with Gasteiger partial charge in [-0.05, 0) is 54.7 Å². The number of hydrogen-bond acceptors (Lipinski definition) is 7. The Morgan fingerprint density at radius 2 is 1.88 bits per heavy atom. The van der Waals surface area contributed by atoms with E-state index in [1.165, 1.54) is 12.8 Å². The summed E-state index contributed by atoms with van der Waals surface area (Å²) in [5.74, 6) is 1.64. The highest BCUT2D eigenvalue weighted by molar-refractivity contribution is 5.96. The molecule has 0 bridgehead atoms. The lowest BCUT2D eigenvalue weighted by molar-refractivity contribution is -0.137. The van der Waals surface area contributed by atoms with Crippen LogP contribution in [0.2, 0.25) is 0 Å². The molecule has 0 radical (unpaired) electrons. The third-order valence-electron chi connectivity index (χ3n) is 8.91. The summed E-state index contributed by atoms with van der Waals surface area (Å²) in [6.45, 7) is 0.213. The number of aliphatic hydroxyl groups is 2. The normalized spacial score (nSPS) is 22.9. The number of ether oxygens (including phenoxy) is 3. The number of aliphatic hydroxyl groups excluding tert-OH is 2. The minimum Gasteiger partial charge on any atom is -0.497 e. The van der Waals surface area contributed by atoms with E-state index in [4.69, 9.17) is 14.2 Å². The summed E-state index contributed by atoms with van der Waals surface area (Å²) in [7, 11) is 3.21. The van der Waals surface area contributed by atoms with E-state index in [1.807, 2.05) is 42.5 Å². The number of methoxy groups -OCH3 is 2. The number of rotatable bonds is 12. The Hall–Kier alpha value is -3.56. The van der Waals surface area contributed by atoms with Gasteiger partial charge < -0.3 is 34.6 Å². The molecule has 9 nitrogen and oxygen atoms in total. The first-order valence-corrected chi connectivity index (χ1v) is 15.0. The van der Waals surface area contributed by atoms with Crippen LogP contribution in [0.5, 0.6) is 17.2 Å². The molecular formula is C33H42N2O7. The first-order valence-electron chi connectivity index (χ1n) is 15.0. The van der Waals surface area contributed by atoms with Gasteiger partial charge in [-0.1, -0.05) is 43.9 Å². The first-order chi connectivity index (χ1) is 20.4. The maximum absolute atomic E-state index is 14.0. The van der Waals surface area contributed by atoms with Gasteiger partial charge >= 0.3 is 0 Å². The second kappa shape index (κ2) is 13.6. The van der Waals surface area contributed by atoms with Crippen molar-refractivity contribution in [1.82, 2.24) is 10.2 Å². The number of carbonyl (C=O) groups excluding carboxylic acids is 2. The SMILES string of the molecule is COc1ccc(OC)c(CCN(C(=O)CCC2CCCC2)[C@@H]2C=C(C(=O)NCCO)[C@@H]3c4ccccc4O[C@@H]3[C@H]2O)c1. The number of fused-ring (bicyclic) bond motifs is 3. The van der Waals surface area contributed by atoms with Gasteiger partial charge in [-0.3, -0.25) is 9.59 Å². The lowest BCUT2D eigenvalue weighted by Gasteiger charge is -2.41. The average Bonchev–Trinajstić information content (AvgIpc) is 3.68. The van der Waals surface area contributed by atoms with Crippen LogP contribution in [-0.4, -0.2) is 79.1 Å². The van der Waals surface area contributed by atoms with Crippen LogP contribution in [0.4, 0.5) is 0 Å². The molecule has 42 heavy (non-hydrogen) atoms. The smallest absolute Gasteiger partial charge is 0.247 e. The molecule has 3 aliphatic rings. The Morgan fingerprint density at radius 1 is 1.10 bits per heavy atom. The topological polar surface area (TPSA) is 118 Å². The molecule has 2 aliphatic carbocycles. The minimum atomic E-state index is -1.06. The molecule has 226 valence electrons. The van der Waals surface area contributed by atoms with E-state index >= 15 is 0 Å². The molecule has 3 N–H and O–H groups in total. The van der Waals surface area contributed by atoms with Crippen LogP contribution in [0.1, 0.15) is 55.6 Å². The lowest BCUT2D eigenvalue weighted by atomic mass is 9.77. The molecule has 0 unspecified atom stereocenters. The third kappa shape index (κ3) is 6.27. The molecular weight excluding hydrogens is 536 g/mol. The van der Waals surface area contributed by atoms with E-state index in [9.17, 15) is 19.8 Å². The monoisotopic (exact) mass is 578 g/mol. The fourth-order valence-corrected chi connectivity index (χ4v) is 6.72. The molecule has 9 heteroatoms. The Bertz CT molecular complexity index is 1290. The number of para-hydroxylation sites is 1. The van der Waals surface area contributed by atoms with Crippen LogP contribution >= 0.6 is 0 Å². The van der Waals surface area contributed by atoms with Gasteiger partial charge in [-0.15, -0.1) is 0 Å². The quantitative estimate of drug-likeness (QED) is 0.354. The fraction of sp³-hybridized carbons (Fsp3) is 0.515. The van der Waals surface area contributed by atoms with Gasteiger partial charge in [0.2, 0.25) is 11.8 Å². The highest BCUT2D eigenvalue weighted by Crippen LogP contribution is 2.47. The van der Waals surface area contributed by atoms with Crippen molar-refractivity contribution in [3.63, 3.8) is 0 Å². The minimum absolute atomic E-state index is 0.0619. The van der Waals surface area contributed by atoms with Crippen molar-refractivity contribution in [1.29, 1.82) is 0 Å². The van der Waals surface area contributed by atoms with E-state index in [0.717, 1.165) is 30.4 Å². The third-order valence-corrected chi connectivity index (χ3v) is 8.91. The first kappa shape index (κ1) is 29.9. The molecule has 1 fully saturated rings. The molecule has 0 saturated heterocycles. The van der Waals surface area contributed by atoms with Crippen molar-refractivity contribution in [3.8, 4) is 17.2 Å². The highest BCUT2D eigenvalue weighted by atomic mass is 16.5. The number of hydrogen-bond donors (Lipinski definition) is 3. The summed E-state index contributed by atoms with van der Waals surface area (Å²) in [4.78, 5) is 29.1. The van der Waals surface area contributed by atoms with Gasteiger partial charge in [-0.25, -0.2) is 0 Å². The number of nitrogens with zero attached hydrogens (tertiary/aromatic N) is 1. The standard InChI is InChI=1S/C33H42N2O7/c1-40-23-12-13-27(41-2)22(19-23)15-17-35(29(37)14-11-21-7-3-4-8-21)26-20-25(33(39)34-16-18-36)30-24-9-5-6-10-28(24)42-32(30)31(26)38/h5-6,9-10,12-13,19-21,26,30-32,36,38H,3-4,7-8,11,14-18H2,1-2H3,(H,34,39)/t26-,30+,31+,32+/m1/s1. The molecule has 0 spiro atoms. The predicted octanol–water partition coefficient (Wildman–Crippen LogP) is 3.37. The largest absolute Gasteiger partial charge is 0.497 e. The molecule has 1 aliphatic heterocycles. The van der Waals surface area contributed by atoms with Crippen molar-refractivity contribution in [2.75, 3.05) is 33.9 Å². The van der Waals surface area contributed by atoms with Gasteiger partial charge in [0, 0.05) is 30.6 Å². The van der Waals surface area contributed by atoms with E-state index in [0.29, 0.717) is 48.1 Å². The number of nitrogens with one attached hydrogen (secondary N) is 1. The second-order valence-electron chi connectivity index (χ2n) is 11.4. The zero-order chi connectivity index (χ0) is 29.6. The van der Waals surface area contributed by atoms with Gasteiger partial charge in [-0.2, -0.15) is 0 Å². The van der Waals surface area contributed by atoms with Crippen molar-refractivity contribution in [2.45, 2.75) is 69.1 Å². The Kier molecular flexibility index (Phi) is 9.69. The molecule has 2 amide bonds. The molecule has 2 aromatic carbocycles. The van der Waals surface area contributed by atoms with Gasteiger partial charge in [0.1, 0.15) is 29.5 Å². The van der Waals surface area contributed by atoms with E-state index in [-0.39, 0.29) is 25.0 Å². The maximum atomic E-state index is 14.0. The van der Waals surface area contributed by atoms with Crippen LogP contribution in [-0.2, 0) is 16.0 Å². The number of benzene rings is 2. The average molecular weight is 579 g/mol. The van der Waals surface area contributed by atoms with Gasteiger partial charge in [0.25, 0.3) is 0 Å². The van der Waals surface area contributed by atoms with Gasteiger partial charge in [0.05, 0.1) is 32.8 Å². The van der Waals surface area contributed by atoms with Crippen LogP contribution in [0, 0.1) is 5.92 Å². The summed E-state index contributed by atoms with van der Waals surface area (Å²) < 4.78 is 17.3. The summed E-state index contributed by atoms with van der Waals surface area (Å²) >= 11 is 0. The second-order valence-corrected chi connectivity index (χ2v) is 11.4. The summed E-state index contributed by atoms with van der Waals surface area (Å²) in [6.07, 6.45) is 6.29. The summed E-state index contributed by atoms with van der Waals surface area (Å²) in [5.41, 5.74) is 2.13. The Morgan fingerprint density at radius 3 is 2.62 bits per heavy atom. The van der Waals surface area contributed by atoms with Gasteiger partial charge in [0.15, 0.2) is 0 Å². The van der Waals surface area contributed by atoms with Crippen LogP contribution in [0.15, 0.2) is 54.1 Å². The molecule has 4 atom stereocenters. The van der Waals surface area contributed by atoms with Crippen LogP contribution in [0.3, 0.4) is 0 Å². The van der Waals surface area contributed by atoms with Crippen molar-refractivity contribution in [2.24, 2.45) is 5.92 Å². The zero-order valence-electron chi connectivity index (χ0n) is 24.5. The Labute approximate surface area is 247 Å². The molecule has 0 aromatic heterocycles. The number of amides is 2. The maximum Gasteiger partial charge on any atom is 0.247 e. The summed E-state index contributed by atoms with van der Waals surface area (Å²) in [6, 6.07) is 12.3. The van der Waals surface area contributed by atoms with Crippen molar-refractivity contribution >= 4 is 11.8 Å². The Balaban J connectivity index is 1.48.